The standard InChI is InChI=1S/C15H21NO3/c1-16(8-11-4-2-3-5-11)9-12-6-14-15(7-13(12)17)19-10-18-14/h6-7,11,17H,2-5,8-10H2,1H3. The van der Waals surface area contributed by atoms with Gasteiger partial charge in [0.25, 0.3) is 0 Å². The molecule has 0 saturated heterocycles. The Kier molecular flexibility index (Phi) is 3.51. The number of rotatable bonds is 4. The summed E-state index contributed by atoms with van der Waals surface area (Å²) >= 11 is 0. The van der Waals surface area contributed by atoms with Crippen LogP contribution in [0, 0.1) is 5.92 Å². The molecule has 0 spiro atoms. The van der Waals surface area contributed by atoms with E-state index in [1.54, 1.807) is 6.07 Å². The van der Waals surface area contributed by atoms with Gasteiger partial charge in [0.05, 0.1) is 0 Å². The molecule has 1 fully saturated rings. The summed E-state index contributed by atoms with van der Waals surface area (Å²) in [4.78, 5) is 2.28. The van der Waals surface area contributed by atoms with E-state index in [-0.39, 0.29) is 6.79 Å². The van der Waals surface area contributed by atoms with Gasteiger partial charge in [0.1, 0.15) is 5.75 Å². The van der Waals surface area contributed by atoms with Crippen LogP contribution >= 0.6 is 0 Å². The Bertz CT molecular complexity index is 455. The van der Waals surface area contributed by atoms with Crippen LogP contribution in [-0.2, 0) is 6.54 Å². The molecule has 2 aliphatic rings. The average Bonchev–Trinajstić information content (AvgIpc) is 3.00. The fraction of sp³-hybridized carbons (Fsp3) is 0.600. The van der Waals surface area contributed by atoms with Crippen molar-refractivity contribution in [3.63, 3.8) is 0 Å². The highest BCUT2D eigenvalue weighted by atomic mass is 16.7. The summed E-state index contributed by atoms with van der Waals surface area (Å²) in [6, 6.07) is 3.55. The summed E-state index contributed by atoms with van der Waals surface area (Å²) in [5, 5.41) is 10.0. The number of aromatic hydroxyl groups is 1. The van der Waals surface area contributed by atoms with Crippen molar-refractivity contribution in [1.29, 1.82) is 0 Å². The number of hydrogen-bond donors (Lipinski definition) is 1. The van der Waals surface area contributed by atoms with Crippen molar-refractivity contribution in [1.82, 2.24) is 4.90 Å². The normalized spacial score (nSPS) is 18.4. The predicted octanol–water partition coefficient (Wildman–Crippen LogP) is 2.74. The molecule has 1 aromatic rings. The highest BCUT2D eigenvalue weighted by Crippen LogP contribution is 2.38. The summed E-state index contributed by atoms with van der Waals surface area (Å²) in [7, 11) is 2.11. The van der Waals surface area contributed by atoms with Gasteiger partial charge in [-0.05, 0) is 31.9 Å². The molecule has 0 bridgehead atoms. The van der Waals surface area contributed by atoms with E-state index >= 15 is 0 Å². The SMILES string of the molecule is CN(Cc1cc2c(cc1O)OCO2)CC1CCCC1. The number of nitrogens with zero attached hydrogens (tertiary/aromatic N) is 1. The molecule has 1 aromatic carbocycles. The minimum absolute atomic E-state index is 0.246. The molecular weight excluding hydrogens is 242 g/mol. The van der Waals surface area contributed by atoms with Crippen LogP contribution in [-0.4, -0.2) is 30.4 Å². The van der Waals surface area contributed by atoms with Gasteiger partial charge >= 0.3 is 0 Å². The molecule has 1 N–H and O–H groups in total. The van der Waals surface area contributed by atoms with Crippen molar-refractivity contribution >= 4 is 0 Å². The second-order valence-electron chi connectivity index (χ2n) is 5.68. The Hall–Kier alpha value is -1.42. The second-order valence-corrected chi connectivity index (χ2v) is 5.68. The van der Waals surface area contributed by atoms with Gasteiger partial charge in [-0.1, -0.05) is 12.8 Å². The Morgan fingerprint density at radius 3 is 2.63 bits per heavy atom. The van der Waals surface area contributed by atoms with Crippen LogP contribution in [0.15, 0.2) is 12.1 Å². The number of benzene rings is 1. The Balaban J connectivity index is 1.65. The lowest BCUT2D eigenvalue weighted by atomic mass is 10.1. The van der Waals surface area contributed by atoms with Crippen LogP contribution < -0.4 is 9.47 Å². The molecule has 1 aliphatic carbocycles. The van der Waals surface area contributed by atoms with Gasteiger partial charge in [0.15, 0.2) is 11.5 Å². The zero-order chi connectivity index (χ0) is 13.2. The minimum Gasteiger partial charge on any atom is -0.507 e. The molecule has 0 radical (unpaired) electrons. The third kappa shape index (κ3) is 2.78. The van der Waals surface area contributed by atoms with E-state index in [4.69, 9.17) is 9.47 Å². The van der Waals surface area contributed by atoms with E-state index in [2.05, 4.69) is 11.9 Å². The van der Waals surface area contributed by atoms with Crippen molar-refractivity contribution < 1.29 is 14.6 Å². The summed E-state index contributed by atoms with van der Waals surface area (Å²) in [6.45, 7) is 2.10. The highest BCUT2D eigenvalue weighted by Gasteiger charge is 2.20. The van der Waals surface area contributed by atoms with Crippen LogP contribution in [0.5, 0.6) is 17.2 Å². The zero-order valence-corrected chi connectivity index (χ0v) is 11.4. The van der Waals surface area contributed by atoms with Crippen molar-refractivity contribution in [3.05, 3.63) is 17.7 Å². The van der Waals surface area contributed by atoms with Gasteiger partial charge in [-0.2, -0.15) is 0 Å². The largest absolute Gasteiger partial charge is 0.507 e. The van der Waals surface area contributed by atoms with Crippen LogP contribution in [0.4, 0.5) is 0 Å². The fourth-order valence-electron chi connectivity index (χ4n) is 3.09. The molecule has 0 amide bonds. The van der Waals surface area contributed by atoms with E-state index in [9.17, 15) is 5.11 Å². The van der Waals surface area contributed by atoms with Gasteiger partial charge in [0, 0.05) is 24.7 Å². The van der Waals surface area contributed by atoms with Crippen molar-refractivity contribution in [3.8, 4) is 17.2 Å². The first-order chi connectivity index (χ1) is 9.22. The van der Waals surface area contributed by atoms with E-state index < -0.39 is 0 Å². The third-order valence-electron chi connectivity index (χ3n) is 4.06. The van der Waals surface area contributed by atoms with Crippen LogP contribution in [0.1, 0.15) is 31.2 Å². The molecule has 0 atom stereocenters. The molecule has 0 unspecified atom stereocenters. The second kappa shape index (κ2) is 5.29. The molecule has 4 nitrogen and oxygen atoms in total. The number of ether oxygens (including phenoxy) is 2. The van der Waals surface area contributed by atoms with Gasteiger partial charge < -0.3 is 19.5 Å². The number of phenolic OH excluding ortho intramolecular Hbond substituents is 1. The lowest BCUT2D eigenvalue weighted by Crippen LogP contribution is -2.24. The first-order valence-electron chi connectivity index (χ1n) is 7.02. The van der Waals surface area contributed by atoms with E-state index in [1.807, 2.05) is 6.07 Å². The number of phenols is 1. The predicted molar refractivity (Wildman–Crippen MR) is 72.5 cm³/mol. The van der Waals surface area contributed by atoms with E-state index in [0.29, 0.717) is 11.5 Å². The molecule has 3 rings (SSSR count). The first kappa shape index (κ1) is 12.6. The van der Waals surface area contributed by atoms with E-state index in [1.165, 1.54) is 25.7 Å². The van der Waals surface area contributed by atoms with Gasteiger partial charge in [-0.25, -0.2) is 0 Å². The molecule has 1 heterocycles. The maximum atomic E-state index is 10.0. The number of hydrogen-bond acceptors (Lipinski definition) is 4. The monoisotopic (exact) mass is 263 g/mol. The topological polar surface area (TPSA) is 41.9 Å². The fourth-order valence-corrected chi connectivity index (χ4v) is 3.09. The van der Waals surface area contributed by atoms with Crippen molar-refractivity contribution in [2.45, 2.75) is 32.2 Å². The van der Waals surface area contributed by atoms with Gasteiger partial charge in [-0.3, -0.25) is 0 Å². The molecule has 19 heavy (non-hydrogen) atoms. The molecule has 1 saturated carbocycles. The molecule has 104 valence electrons. The molecule has 4 heteroatoms. The van der Waals surface area contributed by atoms with Crippen LogP contribution in [0.25, 0.3) is 0 Å². The van der Waals surface area contributed by atoms with Crippen molar-refractivity contribution in [2.75, 3.05) is 20.4 Å². The summed E-state index contributed by atoms with van der Waals surface area (Å²) in [5.74, 6) is 2.49. The van der Waals surface area contributed by atoms with Gasteiger partial charge in [-0.15, -0.1) is 0 Å². The summed E-state index contributed by atoms with van der Waals surface area (Å²) in [6.07, 6.45) is 5.43. The first-order valence-corrected chi connectivity index (χ1v) is 7.02. The third-order valence-corrected chi connectivity index (χ3v) is 4.06. The number of fused-ring (bicyclic) bond motifs is 1. The Labute approximate surface area is 113 Å². The molecule has 0 aromatic heterocycles. The Morgan fingerprint density at radius 1 is 1.21 bits per heavy atom. The highest BCUT2D eigenvalue weighted by molar-refractivity contribution is 5.51. The maximum Gasteiger partial charge on any atom is 0.231 e. The quantitative estimate of drug-likeness (QED) is 0.907. The van der Waals surface area contributed by atoms with E-state index in [0.717, 1.165) is 30.3 Å². The van der Waals surface area contributed by atoms with Crippen molar-refractivity contribution in [2.24, 2.45) is 5.92 Å². The Morgan fingerprint density at radius 2 is 1.89 bits per heavy atom. The van der Waals surface area contributed by atoms with Gasteiger partial charge in [0.2, 0.25) is 6.79 Å². The van der Waals surface area contributed by atoms with Crippen LogP contribution in [0.2, 0.25) is 0 Å². The average molecular weight is 263 g/mol. The zero-order valence-electron chi connectivity index (χ0n) is 11.4. The maximum absolute atomic E-state index is 10.0. The lowest BCUT2D eigenvalue weighted by molar-refractivity contribution is 0.174. The molecular formula is C15H21NO3. The van der Waals surface area contributed by atoms with Crippen LogP contribution in [0.3, 0.4) is 0 Å². The summed E-state index contributed by atoms with van der Waals surface area (Å²) in [5.41, 5.74) is 0.907. The smallest absolute Gasteiger partial charge is 0.231 e. The minimum atomic E-state index is 0.246. The summed E-state index contributed by atoms with van der Waals surface area (Å²) < 4.78 is 10.6. The molecule has 1 aliphatic heterocycles. The lowest BCUT2D eigenvalue weighted by Gasteiger charge is -2.21.